The van der Waals surface area contributed by atoms with Gasteiger partial charge in [0.05, 0.1) is 0 Å². The van der Waals surface area contributed by atoms with E-state index in [1.807, 2.05) is 37.3 Å². The Kier molecular flexibility index (Phi) is 2.26. The van der Waals surface area contributed by atoms with Gasteiger partial charge in [0.2, 0.25) is 0 Å². The monoisotopic (exact) mass is 148 g/mol. The summed E-state index contributed by atoms with van der Waals surface area (Å²) < 4.78 is 0. The highest BCUT2D eigenvalue weighted by Gasteiger charge is 1.98. The van der Waals surface area contributed by atoms with Crippen LogP contribution in [0.2, 0.25) is 0 Å². The second-order valence-electron chi connectivity index (χ2n) is 2.53. The number of aromatic nitrogens is 1. The van der Waals surface area contributed by atoms with Crippen molar-refractivity contribution in [2.75, 3.05) is 19.0 Å². The van der Waals surface area contributed by atoms with E-state index in [-0.39, 0.29) is 0 Å². The number of nitrogens with zero attached hydrogens (tertiary/aromatic N) is 2. The average molecular weight is 148 g/mol. The van der Waals surface area contributed by atoms with Crippen molar-refractivity contribution >= 4 is 11.8 Å². The van der Waals surface area contributed by atoms with Crippen LogP contribution < -0.4 is 4.90 Å². The van der Waals surface area contributed by atoms with Gasteiger partial charge in [-0.1, -0.05) is 12.7 Å². The van der Waals surface area contributed by atoms with Gasteiger partial charge in [-0.3, -0.25) is 4.98 Å². The highest BCUT2D eigenvalue weighted by atomic mass is 15.1. The molecule has 0 atom stereocenters. The molecule has 0 saturated carbocycles. The molecule has 1 heterocycles. The van der Waals surface area contributed by atoms with Crippen LogP contribution in [0, 0.1) is 0 Å². The lowest BCUT2D eigenvalue weighted by atomic mass is 10.2. The fraction of sp³-hybridized carbons (Fsp3) is 0.222. The van der Waals surface area contributed by atoms with Crippen molar-refractivity contribution in [2.24, 2.45) is 0 Å². The first-order valence-corrected chi connectivity index (χ1v) is 3.49. The molecule has 0 unspecified atom stereocenters. The van der Waals surface area contributed by atoms with Crippen LogP contribution in [0.5, 0.6) is 0 Å². The van der Waals surface area contributed by atoms with Gasteiger partial charge in [0.1, 0.15) is 0 Å². The second kappa shape index (κ2) is 3.19. The lowest BCUT2D eigenvalue weighted by molar-refractivity contribution is 1.11. The Morgan fingerprint density at radius 2 is 2.27 bits per heavy atom. The third-order valence-corrected chi connectivity index (χ3v) is 1.53. The molecule has 11 heavy (non-hydrogen) atoms. The minimum absolute atomic E-state index is 1.07. The molecule has 0 fully saturated rings. The molecule has 1 rings (SSSR count). The molecule has 0 radical (unpaired) electrons. The highest BCUT2D eigenvalue weighted by Crippen LogP contribution is 2.16. The molecule has 0 aliphatic heterocycles. The van der Waals surface area contributed by atoms with Crippen molar-refractivity contribution in [1.82, 2.24) is 4.98 Å². The predicted molar refractivity (Wildman–Crippen MR) is 48.7 cm³/mol. The maximum atomic E-state index is 4.00. The summed E-state index contributed by atoms with van der Waals surface area (Å²) in [7, 11) is 4.00. The minimum atomic E-state index is 1.07. The van der Waals surface area contributed by atoms with Gasteiger partial charge in [-0.2, -0.15) is 0 Å². The van der Waals surface area contributed by atoms with Gasteiger partial charge in [-0.25, -0.2) is 0 Å². The quantitative estimate of drug-likeness (QED) is 0.635. The summed E-state index contributed by atoms with van der Waals surface area (Å²) in [6.45, 7) is 3.71. The van der Waals surface area contributed by atoms with Crippen molar-refractivity contribution in [3.8, 4) is 0 Å². The van der Waals surface area contributed by atoms with Gasteiger partial charge < -0.3 is 4.90 Å². The van der Waals surface area contributed by atoms with Crippen molar-refractivity contribution in [3.63, 3.8) is 0 Å². The maximum absolute atomic E-state index is 4.00. The van der Waals surface area contributed by atoms with E-state index in [0.29, 0.717) is 0 Å². The van der Waals surface area contributed by atoms with Gasteiger partial charge in [-0.05, 0) is 6.07 Å². The van der Waals surface area contributed by atoms with Crippen LogP contribution in [0.3, 0.4) is 0 Å². The largest absolute Gasteiger partial charge is 0.377 e. The first kappa shape index (κ1) is 7.79. The summed E-state index contributed by atoms with van der Waals surface area (Å²) in [4.78, 5) is 6.04. The zero-order valence-corrected chi connectivity index (χ0v) is 6.91. The zero-order chi connectivity index (χ0) is 8.27. The van der Waals surface area contributed by atoms with Gasteiger partial charge >= 0.3 is 0 Å². The van der Waals surface area contributed by atoms with E-state index in [9.17, 15) is 0 Å². The molecular formula is C9H12N2. The fourth-order valence-corrected chi connectivity index (χ4v) is 0.964. The van der Waals surface area contributed by atoms with Crippen molar-refractivity contribution in [1.29, 1.82) is 0 Å². The molecule has 2 nitrogen and oxygen atoms in total. The summed E-state index contributed by atoms with van der Waals surface area (Å²) in [6, 6.07) is 1.97. The van der Waals surface area contributed by atoms with E-state index >= 15 is 0 Å². The lowest BCUT2D eigenvalue weighted by Gasteiger charge is -2.14. The molecule has 1 aromatic rings. The van der Waals surface area contributed by atoms with Crippen LogP contribution in [0.4, 0.5) is 5.69 Å². The Labute approximate surface area is 67.2 Å². The second-order valence-corrected chi connectivity index (χ2v) is 2.53. The summed E-state index contributed by atoms with van der Waals surface area (Å²) in [5.41, 5.74) is 2.22. The first-order valence-electron chi connectivity index (χ1n) is 3.49. The molecule has 0 aliphatic rings. The van der Waals surface area contributed by atoms with Crippen LogP contribution in [0.15, 0.2) is 25.0 Å². The summed E-state index contributed by atoms with van der Waals surface area (Å²) in [6.07, 6.45) is 5.40. The molecule has 0 spiro atoms. The van der Waals surface area contributed by atoms with Crippen LogP contribution in [0.25, 0.3) is 6.08 Å². The van der Waals surface area contributed by atoms with Crippen LogP contribution in [0.1, 0.15) is 5.56 Å². The Morgan fingerprint density at radius 1 is 1.55 bits per heavy atom. The third kappa shape index (κ3) is 1.58. The highest BCUT2D eigenvalue weighted by molar-refractivity contribution is 5.64. The molecule has 58 valence electrons. The van der Waals surface area contributed by atoms with Gasteiger partial charge in [0.25, 0.3) is 0 Å². The van der Waals surface area contributed by atoms with E-state index in [4.69, 9.17) is 0 Å². The zero-order valence-electron chi connectivity index (χ0n) is 6.91. The van der Waals surface area contributed by atoms with Crippen molar-refractivity contribution in [3.05, 3.63) is 30.6 Å². The molecule has 1 aromatic heterocycles. The van der Waals surface area contributed by atoms with Gasteiger partial charge in [-0.15, -0.1) is 0 Å². The Bertz CT molecular complexity index is 253. The molecule has 2 heteroatoms. The average Bonchev–Trinajstić information content (AvgIpc) is 2.04. The van der Waals surface area contributed by atoms with E-state index in [1.54, 1.807) is 6.20 Å². The summed E-state index contributed by atoms with van der Waals surface area (Å²) in [5, 5.41) is 0. The number of hydrogen-bond acceptors (Lipinski definition) is 2. The molecule has 0 bridgehead atoms. The van der Waals surface area contributed by atoms with Gasteiger partial charge in [0, 0.05) is 37.7 Å². The summed E-state index contributed by atoms with van der Waals surface area (Å²) in [5.74, 6) is 0. The van der Waals surface area contributed by atoms with Crippen LogP contribution >= 0.6 is 0 Å². The predicted octanol–water partition coefficient (Wildman–Crippen LogP) is 1.79. The molecular weight excluding hydrogens is 136 g/mol. The van der Waals surface area contributed by atoms with E-state index in [2.05, 4.69) is 11.6 Å². The van der Waals surface area contributed by atoms with Crippen molar-refractivity contribution in [2.45, 2.75) is 0 Å². The van der Waals surface area contributed by atoms with E-state index in [1.165, 1.54) is 0 Å². The minimum Gasteiger partial charge on any atom is -0.377 e. The van der Waals surface area contributed by atoms with Crippen molar-refractivity contribution < 1.29 is 0 Å². The first-order chi connectivity index (χ1) is 5.25. The molecule has 0 aromatic carbocycles. The Balaban J connectivity index is 3.12. The SMILES string of the molecule is C=Cc1cnccc1N(C)C. The van der Waals surface area contributed by atoms with E-state index in [0.717, 1.165) is 11.3 Å². The van der Waals surface area contributed by atoms with Gasteiger partial charge in [0.15, 0.2) is 0 Å². The molecule has 0 N–H and O–H groups in total. The summed E-state index contributed by atoms with van der Waals surface area (Å²) >= 11 is 0. The van der Waals surface area contributed by atoms with Crippen LogP contribution in [-0.2, 0) is 0 Å². The van der Waals surface area contributed by atoms with Crippen LogP contribution in [-0.4, -0.2) is 19.1 Å². The maximum Gasteiger partial charge on any atom is 0.0465 e. The number of pyridine rings is 1. The van der Waals surface area contributed by atoms with E-state index < -0.39 is 0 Å². The fourth-order valence-electron chi connectivity index (χ4n) is 0.964. The Morgan fingerprint density at radius 3 is 2.73 bits per heavy atom. The molecule has 0 amide bonds. The number of hydrogen-bond donors (Lipinski definition) is 0. The smallest absolute Gasteiger partial charge is 0.0465 e. The third-order valence-electron chi connectivity index (χ3n) is 1.53. The number of rotatable bonds is 2. The lowest BCUT2D eigenvalue weighted by Crippen LogP contribution is -2.09. The normalized spacial score (nSPS) is 9.27. The Hall–Kier alpha value is -1.31. The topological polar surface area (TPSA) is 16.1 Å². The molecule has 0 saturated heterocycles. The number of anilines is 1. The molecule has 0 aliphatic carbocycles. The standard InChI is InChI=1S/C9H12N2/c1-4-8-7-10-6-5-9(8)11(2)3/h4-7H,1H2,2-3H3.